The van der Waals surface area contributed by atoms with Gasteiger partial charge in [-0.2, -0.15) is 4.98 Å². The second-order valence-corrected chi connectivity index (χ2v) is 6.13. The van der Waals surface area contributed by atoms with Crippen LogP contribution in [0.15, 0.2) is 48.7 Å². The van der Waals surface area contributed by atoms with Crippen LogP contribution in [0.3, 0.4) is 0 Å². The molecule has 2 heterocycles. The Hall–Kier alpha value is -3.19. The summed E-state index contributed by atoms with van der Waals surface area (Å²) in [6.07, 6.45) is 1.67. The van der Waals surface area contributed by atoms with Gasteiger partial charge >= 0.3 is 0 Å². The molecule has 1 aromatic heterocycles. The van der Waals surface area contributed by atoms with Crippen LogP contribution in [0.2, 0.25) is 5.02 Å². The third-order valence-corrected chi connectivity index (χ3v) is 4.17. The fourth-order valence-corrected chi connectivity index (χ4v) is 2.89. The van der Waals surface area contributed by atoms with Gasteiger partial charge in [-0.05, 0) is 36.4 Å². The van der Waals surface area contributed by atoms with Gasteiger partial charge in [0.1, 0.15) is 24.8 Å². The number of nitrogens with zero attached hydrogens (tertiary/aromatic N) is 2. The maximum atomic E-state index is 6.16. The van der Waals surface area contributed by atoms with Crippen molar-refractivity contribution in [1.82, 2.24) is 9.97 Å². The Kier molecular flexibility index (Phi) is 4.84. The van der Waals surface area contributed by atoms with E-state index in [2.05, 4.69) is 20.6 Å². The SMILES string of the molecule is COc1ccc(Nc2ccnc(Nc3ccc4c(c3)OCCO4)n2)cc1Cl. The summed E-state index contributed by atoms with van der Waals surface area (Å²) >= 11 is 6.16. The van der Waals surface area contributed by atoms with Gasteiger partial charge in [0.25, 0.3) is 0 Å². The first-order valence-corrected chi connectivity index (χ1v) is 8.69. The summed E-state index contributed by atoms with van der Waals surface area (Å²) in [6.45, 7) is 1.10. The average molecular weight is 385 g/mol. The van der Waals surface area contributed by atoms with Crippen molar-refractivity contribution in [3.05, 3.63) is 53.7 Å². The Labute approximate surface area is 161 Å². The molecule has 1 aliphatic rings. The second kappa shape index (κ2) is 7.59. The van der Waals surface area contributed by atoms with Gasteiger partial charge in [0.05, 0.1) is 12.1 Å². The predicted molar refractivity (Wildman–Crippen MR) is 104 cm³/mol. The second-order valence-electron chi connectivity index (χ2n) is 5.72. The van der Waals surface area contributed by atoms with E-state index in [9.17, 15) is 0 Å². The number of halogens is 1. The lowest BCUT2D eigenvalue weighted by atomic mass is 10.2. The molecule has 0 saturated carbocycles. The Balaban J connectivity index is 1.50. The molecule has 0 fully saturated rings. The molecule has 0 atom stereocenters. The van der Waals surface area contributed by atoms with E-state index in [4.69, 9.17) is 25.8 Å². The summed E-state index contributed by atoms with van der Waals surface area (Å²) < 4.78 is 16.3. The molecule has 7 nitrogen and oxygen atoms in total. The fourth-order valence-electron chi connectivity index (χ4n) is 2.63. The molecular formula is C19H17ClN4O3. The average Bonchev–Trinajstić information content (AvgIpc) is 2.68. The first kappa shape index (κ1) is 17.2. The van der Waals surface area contributed by atoms with Crippen LogP contribution in [0.1, 0.15) is 0 Å². The van der Waals surface area contributed by atoms with E-state index in [0.29, 0.717) is 41.5 Å². The van der Waals surface area contributed by atoms with Crippen molar-refractivity contribution in [2.45, 2.75) is 0 Å². The first-order valence-electron chi connectivity index (χ1n) is 8.31. The zero-order valence-electron chi connectivity index (χ0n) is 14.5. The van der Waals surface area contributed by atoms with Crippen LogP contribution in [0.25, 0.3) is 0 Å². The highest BCUT2D eigenvalue weighted by Crippen LogP contribution is 2.33. The molecule has 0 saturated heterocycles. The smallest absolute Gasteiger partial charge is 0.229 e. The van der Waals surface area contributed by atoms with Crippen molar-refractivity contribution >= 4 is 34.7 Å². The summed E-state index contributed by atoms with van der Waals surface area (Å²) in [4.78, 5) is 8.72. The number of nitrogens with one attached hydrogen (secondary N) is 2. The van der Waals surface area contributed by atoms with Gasteiger partial charge < -0.3 is 24.8 Å². The highest BCUT2D eigenvalue weighted by molar-refractivity contribution is 6.32. The maximum absolute atomic E-state index is 6.16. The zero-order valence-corrected chi connectivity index (χ0v) is 15.3. The van der Waals surface area contributed by atoms with Gasteiger partial charge in [-0.15, -0.1) is 0 Å². The van der Waals surface area contributed by atoms with E-state index < -0.39 is 0 Å². The lowest BCUT2D eigenvalue weighted by Gasteiger charge is -2.19. The van der Waals surface area contributed by atoms with E-state index in [1.54, 1.807) is 31.5 Å². The summed E-state index contributed by atoms with van der Waals surface area (Å²) in [5.74, 6) is 3.14. The Morgan fingerprint density at radius 1 is 0.963 bits per heavy atom. The molecule has 0 amide bonds. The summed E-state index contributed by atoms with van der Waals surface area (Å²) in [7, 11) is 1.58. The van der Waals surface area contributed by atoms with Gasteiger partial charge in [-0.1, -0.05) is 11.6 Å². The van der Waals surface area contributed by atoms with Gasteiger partial charge in [0.2, 0.25) is 5.95 Å². The lowest BCUT2D eigenvalue weighted by Crippen LogP contribution is -2.15. The standard InChI is InChI=1S/C19H17ClN4O3/c1-25-15-4-2-12(10-14(15)20)22-18-6-7-21-19(24-18)23-13-3-5-16-17(11-13)27-9-8-26-16/h2-7,10-11H,8-9H2,1H3,(H2,21,22,23,24). The largest absolute Gasteiger partial charge is 0.495 e. The van der Waals surface area contributed by atoms with Crippen molar-refractivity contribution in [3.8, 4) is 17.2 Å². The van der Waals surface area contributed by atoms with Crippen LogP contribution in [0.5, 0.6) is 17.2 Å². The molecule has 27 heavy (non-hydrogen) atoms. The number of hydrogen-bond donors (Lipinski definition) is 2. The molecule has 0 unspecified atom stereocenters. The Morgan fingerprint density at radius 3 is 2.56 bits per heavy atom. The van der Waals surface area contributed by atoms with E-state index in [-0.39, 0.29) is 0 Å². The monoisotopic (exact) mass is 384 g/mol. The molecule has 3 aromatic rings. The number of rotatable bonds is 5. The number of ether oxygens (including phenoxy) is 3. The molecule has 4 rings (SSSR count). The zero-order chi connectivity index (χ0) is 18.6. The first-order chi connectivity index (χ1) is 13.2. The van der Waals surface area contributed by atoms with Crippen molar-refractivity contribution in [3.63, 3.8) is 0 Å². The van der Waals surface area contributed by atoms with Crippen LogP contribution in [0.4, 0.5) is 23.1 Å². The molecule has 1 aliphatic heterocycles. The number of hydrogen-bond acceptors (Lipinski definition) is 7. The van der Waals surface area contributed by atoms with E-state index in [1.165, 1.54) is 0 Å². The van der Waals surface area contributed by atoms with Gasteiger partial charge in [-0.3, -0.25) is 0 Å². The molecular weight excluding hydrogens is 368 g/mol. The number of anilines is 4. The molecule has 2 aromatic carbocycles. The van der Waals surface area contributed by atoms with Gasteiger partial charge in [-0.25, -0.2) is 4.98 Å². The number of aromatic nitrogens is 2. The molecule has 0 bridgehead atoms. The fraction of sp³-hybridized carbons (Fsp3) is 0.158. The predicted octanol–water partition coefficient (Wildman–Crippen LogP) is 4.40. The minimum absolute atomic E-state index is 0.455. The topological polar surface area (TPSA) is 77.5 Å². The Morgan fingerprint density at radius 2 is 1.74 bits per heavy atom. The van der Waals surface area contributed by atoms with Gasteiger partial charge in [0.15, 0.2) is 11.5 Å². The number of benzene rings is 2. The lowest BCUT2D eigenvalue weighted by molar-refractivity contribution is 0.171. The third kappa shape index (κ3) is 3.98. The summed E-state index contributed by atoms with van der Waals surface area (Å²) in [5, 5.41) is 6.88. The van der Waals surface area contributed by atoms with E-state index in [1.807, 2.05) is 24.3 Å². The van der Waals surface area contributed by atoms with Gasteiger partial charge in [0, 0.05) is 23.6 Å². The molecule has 0 radical (unpaired) electrons. The molecule has 0 aliphatic carbocycles. The van der Waals surface area contributed by atoms with Crippen molar-refractivity contribution in [2.24, 2.45) is 0 Å². The van der Waals surface area contributed by atoms with Crippen LogP contribution >= 0.6 is 11.6 Å². The molecule has 8 heteroatoms. The molecule has 0 spiro atoms. The highest BCUT2D eigenvalue weighted by atomic mass is 35.5. The molecule has 2 N–H and O–H groups in total. The number of methoxy groups -OCH3 is 1. The maximum Gasteiger partial charge on any atom is 0.229 e. The minimum Gasteiger partial charge on any atom is -0.495 e. The van der Waals surface area contributed by atoms with Crippen LogP contribution in [-0.2, 0) is 0 Å². The van der Waals surface area contributed by atoms with Crippen molar-refractivity contribution < 1.29 is 14.2 Å². The molecule has 138 valence electrons. The summed E-state index contributed by atoms with van der Waals surface area (Å²) in [6, 6.07) is 12.8. The quantitative estimate of drug-likeness (QED) is 0.675. The summed E-state index contributed by atoms with van der Waals surface area (Å²) in [5.41, 5.74) is 1.61. The van der Waals surface area contributed by atoms with Crippen LogP contribution in [0, 0.1) is 0 Å². The minimum atomic E-state index is 0.455. The van der Waals surface area contributed by atoms with Crippen LogP contribution in [-0.4, -0.2) is 30.3 Å². The van der Waals surface area contributed by atoms with Crippen molar-refractivity contribution in [1.29, 1.82) is 0 Å². The van der Waals surface area contributed by atoms with E-state index in [0.717, 1.165) is 17.1 Å². The third-order valence-electron chi connectivity index (χ3n) is 3.88. The van der Waals surface area contributed by atoms with Crippen LogP contribution < -0.4 is 24.8 Å². The van der Waals surface area contributed by atoms with E-state index >= 15 is 0 Å². The normalized spacial score (nSPS) is 12.4. The number of fused-ring (bicyclic) bond motifs is 1. The van der Waals surface area contributed by atoms with Crippen molar-refractivity contribution in [2.75, 3.05) is 31.0 Å². The highest BCUT2D eigenvalue weighted by Gasteiger charge is 2.12. The Bertz CT molecular complexity index is 967.